The average Bonchev–Trinajstić information content (AvgIpc) is 3.40. The van der Waals surface area contributed by atoms with E-state index >= 15 is 0 Å². The molecule has 2 atom stereocenters. The first-order chi connectivity index (χ1) is 13.3. The molecule has 2 aromatic carbocycles. The summed E-state index contributed by atoms with van der Waals surface area (Å²) in [7, 11) is 0. The van der Waals surface area contributed by atoms with Gasteiger partial charge in [0.1, 0.15) is 0 Å². The number of fused-ring (bicyclic) bond motifs is 2. The van der Waals surface area contributed by atoms with Gasteiger partial charge in [0.25, 0.3) is 0 Å². The van der Waals surface area contributed by atoms with Gasteiger partial charge in [-0.15, -0.1) is 0 Å². The van der Waals surface area contributed by atoms with E-state index in [2.05, 4.69) is 71.1 Å². The molecular formula is C25H28N2. The smallest absolute Gasteiger partial charge is 0.0622 e. The Morgan fingerprint density at radius 3 is 2.52 bits per heavy atom. The third-order valence-electron chi connectivity index (χ3n) is 6.70. The SMILES string of the molecule is C=C(c1cc2c(CCc3ccccc3)cccc2[nH]1)N1CC2CCCC2C1. The van der Waals surface area contributed by atoms with Crippen LogP contribution in [0.1, 0.15) is 36.1 Å². The molecular weight excluding hydrogens is 328 g/mol. The summed E-state index contributed by atoms with van der Waals surface area (Å²) in [6.45, 7) is 6.84. The Bertz CT molecular complexity index is 941. The molecule has 0 spiro atoms. The van der Waals surface area contributed by atoms with Crippen LogP contribution < -0.4 is 0 Å². The molecule has 1 saturated carbocycles. The van der Waals surface area contributed by atoms with E-state index in [1.54, 1.807) is 0 Å². The normalized spacial score (nSPS) is 21.7. The van der Waals surface area contributed by atoms with Gasteiger partial charge in [0.2, 0.25) is 0 Å². The van der Waals surface area contributed by atoms with Gasteiger partial charge in [-0.1, -0.05) is 55.5 Å². The van der Waals surface area contributed by atoms with Gasteiger partial charge in [0.15, 0.2) is 0 Å². The van der Waals surface area contributed by atoms with Crippen molar-refractivity contribution in [3.8, 4) is 0 Å². The van der Waals surface area contributed by atoms with Crippen LogP contribution in [0, 0.1) is 11.8 Å². The fourth-order valence-corrected chi connectivity index (χ4v) is 5.14. The van der Waals surface area contributed by atoms with E-state index < -0.39 is 0 Å². The Kier molecular flexibility index (Phi) is 4.27. The standard InChI is InChI=1S/C25H28N2/c1-18(27-16-21-10-5-11-22(21)17-27)25-15-23-20(9-6-12-24(23)26-25)14-13-19-7-3-2-4-8-19/h2-4,6-9,12,15,21-22,26H,1,5,10-11,13-14,16-17H2. The molecule has 2 heterocycles. The fraction of sp³-hybridized carbons (Fsp3) is 0.360. The molecule has 1 aromatic heterocycles. The molecule has 2 aliphatic rings. The van der Waals surface area contributed by atoms with Crippen LogP contribution in [-0.2, 0) is 12.8 Å². The first-order valence-corrected chi connectivity index (χ1v) is 10.4. The summed E-state index contributed by atoms with van der Waals surface area (Å²) in [6, 6.07) is 19.7. The molecule has 0 bridgehead atoms. The number of aryl methyl sites for hydroxylation is 2. The minimum atomic E-state index is 0.896. The van der Waals surface area contributed by atoms with Gasteiger partial charge in [-0.25, -0.2) is 0 Å². The topological polar surface area (TPSA) is 19.0 Å². The van der Waals surface area contributed by atoms with E-state index in [9.17, 15) is 0 Å². The van der Waals surface area contributed by atoms with E-state index in [0.29, 0.717) is 0 Å². The molecule has 1 N–H and O–H groups in total. The van der Waals surface area contributed by atoms with Crippen LogP contribution in [0.2, 0.25) is 0 Å². The van der Waals surface area contributed by atoms with Crippen molar-refractivity contribution in [2.45, 2.75) is 32.1 Å². The van der Waals surface area contributed by atoms with Crippen LogP contribution in [0.15, 0.2) is 61.2 Å². The molecule has 2 nitrogen and oxygen atoms in total. The zero-order valence-electron chi connectivity index (χ0n) is 16.0. The molecule has 3 aromatic rings. The van der Waals surface area contributed by atoms with Gasteiger partial charge in [-0.3, -0.25) is 0 Å². The highest BCUT2D eigenvalue weighted by molar-refractivity contribution is 5.87. The summed E-state index contributed by atoms with van der Waals surface area (Å²) in [4.78, 5) is 6.15. The Balaban J connectivity index is 1.36. The lowest BCUT2D eigenvalue weighted by atomic mass is 10.0. The van der Waals surface area contributed by atoms with Crippen LogP contribution in [0.4, 0.5) is 0 Å². The molecule has 1 aliphatic carbocycles. The predicted molar refractivity (Wildman–Crippen MR) is 114 cm³/mol. The van der Waals surface area contributed by atoms with Gasteiger partial charge >= 0.3 is 0 Å². The van der Waals surface area contributed by atoms with Crippen molar-refractivity contribution in [2.24, 2.45) is 11.8 Å². The second-order valence-electron chi connectivity index (χ2n) is 8.35. The average molecular weight is 357 g/mol. The van der Waals surface area contributed by atoms with Crippen LogP contribution >= 0.6 is 0 Å². The Morgan fingerprint density at radius 1 is 0.963 bits per heavy atom. The number of hydrogen-bond donors (Lipinski definition) is 1. The van der Waals surface area contributed by atoms with Crippen LogP contribution in [0.25, 0.3) is 16.6 Å². The molecule has 0 radical (unpaired) electrons. The van der Waals surface area contributed by atoms with E-state index in [-0.39, 0.29) is 0 Å². The number of aromatic amines is 1. The third-order valence-corrected chi connectivity index (χ3v) is 6.70. The highest BCUT2D eigenvalue weighted by Crippen LogP contribution is 2.40. The van der Waals surface area contributed by atoms with Crippen molar-refractivity contribution in [2.75, 3.05) is 13.1 Å². The van der Waals surface area contributed by atoms with Crippen molar-refractivity contribution in [3.05, 3.63) is 78.0 Å². The van der Waals surface area contributed by atoms with Gasteiger partial charge in [0, 0.05) is 24.0 Å². The number of rotatable bonds is 5. The lowest BCUT2D eigenvalue weighted by Crippen LogP contribution is -2.19. The van der Waals surface area contributed by atoms with Crippen molar-refractivity contribution in [1.82, 2.24) is 9.88 Å². The summed E-state index contributed by atoms with van der Waals surface area (Å²) in [5.41, 5.74) is 6.42. The maximum absolute atomic E-state index is 4.45. The number of nitrogens with one attached hydrogen (secondary N) is 1. The van der Waals surface area contributed by atoms with E-state index in [1.807, 2.05) is 0 Å². The number of benzene rings is 2. The number of H-pyrrole nitrogens is 1. The summed E-state index contributed by atoms with van der Waals surface area (Å²) in [5.74, 6) is 1.79. The quantitative estimate of drug-likeness (QED) is 0.625. The maximum atomic E-state index is 4.45. The molecule has 0 amide bonds. The molecule has 5 rings (SSSR count). The fourth-order valence-electron chi connectivity index (χ4n) is 5.14. The molecule has 27 heavy (non-hydrogen) atoms. The van der Waals surface area contributed by atoms with Crippen molar-refractivity contribution < 1.29 is 0 Å². The van der Waals surface area contributed by atoms with Crippen LogP contribution in [0.3, 0.4) is 0 Å². The highest BCUT2D eigenvalue weighted by atomic mass is 15.2. The number of likely N-dealkylation sites (tertiary alicyclic amines) is 1. The number of nitrogens with zero attached hydrogens (tertiary/aromatic N) is 1. The minimum absolute atomic E-state index is 0.896. The highest BCUT2D eigenvalue weighted by Gasteiger charge is 2.36. The van der Waals surface area contributed by atoms with Gasteiger partial charge in [-0.05, 0) is 60.8 Å². The van der Waals surface area contributed by atoms with Crippen molar-refractivity contribution in [1.29, 1.82) is 0 Å². The molecule has 2 unspecified atom stereocenters. The van der Waals surface area contributed by atoms with E-state index in [1.165, 1.54) is 65.8 Å². The predicted octanol–water partition coefficient (Wildman–Crippen LogP) is 5.66. The van der Waals surface area contributed by atoms with Crippen molar-refractivity contribution >= 4 is 16.6 Å². The lowest BCUT2D eigenvalue weighted by Gasteiger charge is -2.21. The summed E-state index contributed by atoms with van der Waals surface area (Å²) < 4.78 is 0. The second kappa shape index (κ2) is 6.92. The lowest BCUT2D eigenvalue weighted by molar-refractivity contribution is 0.442. The first-order valence-electron chi connectivity index (χ1n) is 10.4. The monoisotopic (exact) mass is 356 g/mol. The zero-order valence-corrected chi connectivity index (χ0v) is 16.0. The molecule has 2 heteroatoms. The van der Waals surface area contributed by atoms with Gasteiger partial charge in [0.05, 0.1) is 11.4 Å². The summed E-state index contributed by atoms with van der Waals surface area (Å²) in [5, 5.41) is 1.35. The molecule has 1 aliphatic heterocycles. The van der Waals surface area contributed by atoms with E-state index in [0.717, 1.165) is 24.7 Å². The molecule has 1 saturated heterocycles. The van der Waals surface area contributed by atoms with E-state index in [4.69, 9.17) is 0 Å². The Labute approximate surface area is 161 Å². The van der Waals surface area contributed by atoms with Crippen LogP contribution in [-0.4, -0.2) is 23.0 Å². The third kappa shape index (κ3) is 3.18. The minimum Gasteiger partial charge on any atom is -0.370 e. The summed E-state index contributed by atoms with van der Waals surface area (Å²) >= 11 is 0. The molecule has 138 valence electrons. The molecule has 2 fully saturated rings. The second-order valence-corrected chi connectivity index (χ2v) is 8.35. The largest absolute Gasteiger partial charge is 0.370 e. The van der Waals surface area contributed by atoms with Crippen molar-refractivity contribution in [3.63, 3.8) is 0 Å². The zero-order chi connectivity index (χ0) is 18.2. The first kappa shape index (κ1) is 16.7. The Morgan fingerprint density at radius 2 is 1.74 bits per heavy atom. The van der Waals surface area contributed by atoms with Gasteiger partial charge < -0.3 is 9.88 Å². The van der Waals surface area contributed by atoms with Gasteiger partial charge in [-0.2, -0.15) is 0 Å². The summed E-state index contributed by atoms with van der Waals surface area (Å²) in [6.07, 6.45) is 6.39. The van der Waals surface area contributed by atoms with Crippen LogP contribution in [0.5, 0.6) is 0 Å². The maximum Gasteiger partial charge on any atom is 0.0622 e. The number of aromatic nitrogens is 1. The number of hydrogen-bond acceptors (Lipinski definition) is 1. The Hall–Kier alpha value is -2.48.